The lowest BCUT2D eigenvalue weighted by molar-refractivity contribution is 0.0696. The van der Waals surface area contributed by atoms with E-state index in [-0.39, 0.29) is 5.56 Å². The second-order valence-electron chi connectivity index (χ2n) is 4.48. The number of amides is 1. The Morgan fingerprint density at radius 2 is 1.90 bits per heavy atom. The van der Waals surface area contributed by atoms with Crippen LogP contribution in [0.4, 0.5) is 5.69 Å². The number of benzene rings is 2. The Hall–Kier alpha value is -3.13. The highest BCUT2D eigenvalue weighted by Crippen LogP contribution is 2.18. The lowest BCUT2D eigenvalue weighted by Crippen LogP contribution is -2.13. The standard InChI is InChI=1S/C16H12N2O3/c1-10-5-6-13(16(20)21)8-14(10)18-15(19)12-4-2-3-11(7-12)9-17/h2-8H,1H3,(H,18,19)(H,20,21). The van der Waals surface area contributed by atoms with Crippen LogP contribution in [0.2, 0.25) is 0 Å². The summed E-state index contributed by atoms with van der Waals surface area (Å²) in [5.74, 6) is -1.45. The second kappa shape index (κ2) is 5.88. The van der Waals surface area contributed by atoms with Gasteiger partial charge < -0.3 is 10.4 Å². The molecule has 5 heteroatoms. The Kier molecular flexibility index (Phi) is 4.00. The Morgan fingerprint density at radius 1 is 1.14 bits per heavy atom. The maximum absolute atomic E-state index is 12.1. The van der Waals surface area contributed by atoms with E-state index in [4.69, 9.17) is 10.4 Å². The first-order chi connectivity index (χ1) is 10.0. The Bertz CT molecular complexity index is 760. The van der Waals surface area contributed by atoms with Crippen molar-refractivity contribution in [1.82, 2.24) is 0 Å². The SMILES string of the molecule is Cc1ccc(C(=O)O)cc1NC(=O)c1cccc(C#N)c1. The topological polar surface area (TPSA) is 90.2 Å². The fourth-order valence-corrected chi connectivity index (χ4v) is 1.81. The fraction of sp³-hybridized carbons (Fsp3) is 0.0625. The number of hydrogen-bond donors (Lipinski definition) is 2. The summed E-state index contributed by atoms with van der Waals surface area (Å²) in [4.78, 5) is 23.1. The van der Waals surface area contributed by atoms with Crippen molar-refractivity contribution in [3.05, 3.63) is 64.7 Å². The number of aryl methyl sites for hydroxylation is 1. The molecule has 104 valence electrons. The number of nitrogens with zero attached hydrogens (tertiary/aromatic N) is 1. The van der Waals surface area contributed by atoms with Gasteiger partial charge in [-0.3, -0.25) is 4.79 Å². The molecule has 0 radical (unpaired) electrons. The van der Waals surface area contributed by atoms with Crippen LogP contribution < -0.4 is 5.32 Å². The maximum atomic E-state index is 12.1. The van der Waals surface area contributed by atoms with Gasteiger partial charge in [0.2, 0.25) is 0 Å². The minimum Gasteiger partial charge on any atom is -0.478 e. The molecule has 0 atom stereocenters. The number of carbonyl (C=O) groups is 2. The third-order valence-corrected chi connectivity index (χ3v) is 2.99. The predicted molar refractivity (Wildman–Crippen MR) is 77.2 cm³/mol. The van der Waals surface area contributed by atoms with Crippen molar-refractivity contribution >= 4 is 17.6 Å². The van der Waals surface area contributed by atoms with E-state index in [1.807, 2.05) is 6.07 Å². The van der Waals surface area contributed by atoms with Crippen LogP contribution in [-0.2, 0) is 0 Å². The Labute approximate surface area is 121 Å². The molecule has 2 N–H and O–H groups in total. The summed E-state index contributed by atoms with van der Waals surface area (Å²) in [5, 5.41) is 20.5. The van der Waals surface area contributed by atoms with Gasteiger partial charge in [0.25, 0.3) is 5.91 Å². The van der Waals surface area contributed by atoms with Gasteiger partial charge in [0.1, 0.15) is 0 Å². The highest BCUT2D eigenvalue weighted by Gasteiger charge is 2.11. The minimum atomic E-state index is -1.06. The molecule has 0 heterocycles. The summed E-state index contributed by atoms with van der Waals surface area (Å²) in [7, 11) is 0. The Balaban J connectivity index is 2.29. The summed E-state index contributed by atoms with van der Waals surface area (Å²) in [6, 6.07) is 12.8. The van der Waals surface area contributed by atoms with Gasteiger partial charge in [-0.25, -0.2) is 4.79 Å². The number of rotatable bonds is 3. The molecule has 5 nitrogen and oxygen atoms in total. The van der Waals surface area contributed by atoms with E-state index in [1.165, 1.54) is 18.2 Å². The number of anilines is 1. The quantitative estimate of drug-likeness (QED) is 0.904. The van der Waals surface area contributed by atoms with Gasteiger partial charge in [-0.2, -0.15) is 5.26 Å². The zero-order valence-corrected chi connectivity index (χ0v) is 11.3. The third kappa shape index (κ3) is 3.25. The highest BCUT2D eigenvalue weighted by molar-refractivity contribution is 6.05. The maximum Gasteiger partial charge on any atom is 0.335 e. The fourth-order valence-electron chi connectivity index (χ4n) is 1.81. The monoisotopic (exact) mass is 280 g/mol. The van der Waals surface area contributed by atoms with Gasteiger partial charge >= 0.3 is 5.97 Å². The van der Waals surface area contributed by atoms with Crippen molar-refractivity contribution in [3.8, 4) is 6.07 Å². The molecule has 21 heavy (non-hydrogen) atoms. The molecule has 0 aliphatic rings. The third-order valence-electron chi connectivity index (χ3n) is 2.99. The number of aromatic carboxylic acids is 1. The average molecular weight is 280 g/mol. The smallest absolute Gasteiger partial charge is 0.335 e. The van der Waals surface area contributed by atoms with Gasteiger partial charge in [0.15, 0.2) is 0 Å². The van der Waals surface area contributed by atoms with E-state index < -0.39 is 11.9 Å². The first-order valence-electron chi connectivity index (χ1n) is 6.16. The van der Waals surface area contributed by atoms with Crippen molar-refractivity contribution in [2.45, 2.75) is 6.92 Å². The van der Waals surface area contributed by atoms with Crippen LogP contribution in [0.5, 0.6) is 0 Å². The number of carbonyl (C=O) groups excluding carboxylic acids is 1. The van der Waals surface area contributed by atoms with E-state index in [0.29, 0.717) is 16.8 Å². The molecule has 0 aliphatic heterocycles. The summed E-state index contributed by atoms with van der Waals surface area (Å²) in [5.41, 5.74) is 2.02. The lowest BCUT2D eigenvalue weighted by Gasteiger charge is -2.09. The van der Waals surface area contributed by atoms with Crippen molar-refractivity contribution in [3.63, 3.8) is 0 Å². The zero-order chi connectivity index (χ0) is 15.4. The average Bonchev–Trinajstić information content (AvgIpc) is 2.49. The molecule has 0 spiro atoms. The van der Waals surface area contributed by atoms with E-state index in [1.54, 1.807) is 31.2 Å². The van der Waals surface area contributed by atoms with Crippen LogP contribution in [0.25, 0.3) is 0 Å². The summed E-state index contributed by atoms with van der Waals surface area (Å²) in [6.07, 6.45) is 0. The molecule has 0 saturated heterocycles. The summed E-state index contributed by atoms with van der Waals surface area (Å²) >= 11 is 0. The first kappa shape index (κ1) is 14.3. The minimum absolute atomic E-state index is 0.0988. The van der Waals surface area contributed by atoms with E-state index in [0.717, 1.165) is 5.56 Å². The van der Waals surface area contributed by atoms with E-state index in [2.05, 4.69) is 5.32 Å². The number of nitrogens with one attached hydrogen (secondary N) is 1. The van der Waals surface area contributed by atoms with E-state index >= 15 is 0 Å². The molecule has 0 saturated carbocycles. The zero-order valence-electron chi connectivity index (χ0n) is 11.3. The highest BCUT2D eigenvalue weighted by atomic mass is 16.4. The molecular formula is C16H12N2O3. The summed E-state index contributed by atoms with van der Waals surface area (Å²) < 4.78 is 0. The number of nitriles is 1. The number of hydrogen-bond acceptors (Lipinski definition) is 3. The summed E-state index contributed by atoms with van der Waals surface area (Å²) in [6.45, 7) is 1.77. The molecule has 0 fully saturated rings. The van der Waals surface area contributed by atoms with Crippen molar-refractivity contribution in [2.75, 3.05) is 5.32 Å². The van der Waals surface area contributed by atoms with Crippen LogP contribution in [0.3, 0.4) is 0 Å². The van der Waals surface area contributed by atoms with Gasteiger partial charge in [0.05, 0.1) is 17.2 Å². The molecule has 0 aromatic heterocycles. The molecule has 0 unspecified atom stereocenters. The van der Waals surface area contributed by atoms with Crippen LogP contribution in [-0.4, -0.2) is 17.0 Å². The van der Waals surface area contributed by atoms with Crippen molar-refractivity contribution in [2.24, 2.45) is 0 Å². The molecule has 0 bridgehead atoms. The molecule has 2 aromatic carbocycles. The van der Waals surface area contributed by atoms with Gasteiger partial charge in [-0.05, 0) is 42.8 Å². The largest absolute Gasteiger partial charge is 0.478 e. The normalized spacial score (nSPS) is 9.71. The van der Waals surface area contributed by atoms with Crippen LogP contribution >= 0.6 is 0 Å². The van der Waals surface area contributed by atoms with Crippen molar-refractivity contribution < 1.29 is 14.7 Å². The molecule has 2 rings (SSSR count). The molecule has 1 amide bonds. The van der Waals surface area contributed by atoms with Crippen LogP contribution in [0, 0.1) is 18.3 Å². The van der Waals surface area contributed by atoms with Gasteiger partial charge in [-0.1, -0.05) is 12.1 Å². The van der Waals surface area contributed by atoms with Gasteiger partial charge in [-0.15, -0.1) is 0 Å². The second-order valence-corrected chi connectivity index (χ2v) is 4.48. The predicted octanol–water partition coefficient (Wildman–Crippen LogP) is 2.82. The first-order valence-corrected chi connectivity index (χ1v) is 6.16. The number of carboxylic acid groups (broad SMARTS) is 1. The van der Waals surface area contributed by atoms with Crippen LogP contribution in [0.15, 0.2) is 42.5 Å². The van der Waals surface area contributed by atoms with Crippen molar-refractivity contribution in [1.29, 1.82) is 5.26 Å². The Morgan fingerprint density at radius 3 is 2.57 bits per heavy atom. The molecule has 2 aromatic rings. The van der Waals surface area contributed by atoms with Crippen LogP contribution in [0.1, 0.15) is 31.8 Å². The lowest BCUT2D eigenvalue weighted by atomic mass is 10.1. The number of carboxylic acids is 1. The molecular weight excluding hydrogens is 268 g/mol. The van der Waals surface area contributed by atoms with Gasteiger partial charge in [0, 0.05) is 11.3 Å². The van der Waals surface area contributed by atoms with E-state index in [9.17, 15) is 9.59 Å². The molecule has 0 aliphatic carbocycles.